The molecular weight excluding hydrogens is 283 g/mol. The number of nitrogens with one attached hydrogen (secondary N) is 1. The van der Waals surface area contributed by atoms with Crippen molar-refractivity contribution in [1.82, 2.24) is 15.1 Å². The van der Waals surface area contributed by atoms with E-state index in [1.807, 2.05) is 19.3 Å². The molecule has 1 aliphatic rings. The lowest BCUT2D eigenvalue weighted by Gasteiger charge is -2.15. The normalized spacial score (nSPS) is 18.2. The Morgan fingerprint density at radius 3 is 2.95 bits per heavy atom. The molecule has 1 aromatic carbocycles. The third-order valence-electron chi connectivity index (χ3n) is 3.95. The summed E-state index contributed by atoms with van der Waals surface area (Å²) < 4.78 is 15.2. The largest absolute Gasteiger partial charge is 0.308 e. The quantitative estimate of drug-likeness (QED) is 0.910. The first kappa shape index (κ1) is 14.7. The number of hydrogen-bond acceptors (Lipinski definition) is 3. The van der Waals surface area contributed by atoms with Gasteiger partial charge in [-0.15, -0.1) is 0 Å². The van der Waals surface area contributed by atoms with Gasteiger partial charge in [-0.3, -0.25) is 9.48 Å². The molecule has 2 aromatic rings. The zero-order chi connectivity index (χ0) is 15.5. The molecule has 0 unspecified atom stereocenters. The average molecular weight is 302 g/mol. The number of benzene rings is 1. The van der Waals surface area contributed by atoms with E-state index in [4.69, 9.17) is 0 Å². The average Bonchev–Trinajstić information content (AvgIpc) is 3.08. The first-order valence-corrected chi connectivity index (χ1v) is 7.42. The van der Waals surface area contributed by atoms with Crippen LogP contribution in [-0.4, -0.2) is 34.8 Å². The summed E-state index contributed by atoms with van der Waals surface area (Å²) in [6, 6.07) is 6.53. The molecule has 3 rings (SSSR count). The van der Waals surface area contributed by atoms with Crippen LogP contribution in [0.5, 0.6) is 0 Å². The first-order chi connectivity index (χ1) is 10.6. The summed E-state index contributed by atoms with van der Waals surface area (Å²) in [7, 11) is 1.83. The van der Waals surface area contributed by atoms with Crippen LogP contribution in [0.2, 0.25) is 0 Å². The summed E-state index contributed by atoms with van der Waals surface area (Å²) in [5, 5.41) is 7.32. The Bertz CT molecular complexity index is 670. The third kappa shape index (κ3) is 3.01. The van der Waals surface area contributed by atoms with Crippen LogP contribution in [0, 0.1) is 5.82 Å². The number of nitrogens with zero attached hydrogens (tertiary/aromatic N) is 3. The highest BCUT2D eigenvalue weighted by Crippen LogP contribution is 2.20. The number of aryl methyl sites for hydroxylation is 1. The Labute approximate surface area is 128 Å². The number of hydrogen-bond donors (Lipinski definition) is 1. The van der Waals surface area contributed by atoms with Crippen molar-refractivity contribution in [2.24, 2.45) is 7.05 Å². The second-order valence-electron chi connectivity index (χ2n) is 5.50. The topological polar surface area (TPSA) is 50.2 Å². The zero-order valence-electron chi connectivity index (χ0n) is 12.5. The molecule has 1 saturated heterocycles. The summed E-state index contributed by atoms with van der Waals surface area (Å²) in [5.74, 6) is -0.138. The number of amides is 1. The van der Waals surface area contributed by atoms with Crippen LogP contribution in [0.15, 0.2) is 36.7 Å². The molecule has 1 fully saturated rings. The van der Waals surface area contributed by atoms with Gasteiger partial charge in [-0.2, -0.15) is 5.10 Å². The fraction of sp³-hybridized carbons (Fsp3) is 0.375. The minimum Gasteiger partial charge on any atom is -0.308 e. The van der Waals surface area contributed by atoms with E-state index in [-0.39, 0.29) is 17.8 Å². The molecule has 1 aliphatic heterocycles. The summed E-state index contributed by atoms with van der Waals surface area (Å²) in [5.41, 5.74) is 1.50. The van der Waals surface area contributed by atoms with Crippen LogP contribution in [0.4, 0.5) is 10.1 Å². The van der Waals surface area contributed by atoms with Gasteiger partial charge in [0.15, 0.2) is 0 Å². The third-order valence-corrected chi connectivity index (χ3v) is 3.95. The summed E-state index contributed by atoms with van der Waals surface area (Å²) in [4.78, 5) is 14.1. The van der Waals surface area contributed by atoms with E-state index < -0.39 is 0 Å². The molecule has 5 nitrogen and oxygen atoms in total. The van der Waals surface area contributed by atoms with Crippen molar-refractivity contribution in [2.45, 2.75) is 18.9 Å². The Morgan fingerprint density at radius 2 is 2.23 bits per heavy atom. The first-order valence-electron chi connectivity index (χ1n) is 7.42. The molecule has 116 valence electrons. The van der Waals surface area contributed by atoms with Crippen molar-refractivity contribution in [3.63, 3.8) is 0 Å². The van der Waals surface area contributed by atoms with Gasteiger partial charge in [0.25, 0.3) is 0 Å². The van der Waals surface area contributed by atoms with E-state index in [1.54, 1.807) is 27.9 Å². The highest BCUT2D eigenvalue weighted by Gasteiger charge is 2.32. The Balaban J connectivity index is 1.54. The number of carbonyl (C=O) groups is 1. The van der Waals surface area contributed by atoms with E-state index in [2.05, 4.69) is 10.4 Å². The Morgan fingerprint density at radius 1 is 1.41 bits per heavy atom. The van der Waals surface area contributed by atoms with Crippen molar-refractivity contribution < 1.29 is 9.18 Å². The minimum absolute atomic E-state index is 0.0570. The highest BCUT2D eigenvalue weighted by atomic mass is 19.1. The van der Waals surface area contributed by atoms with Gasteiger partial charge in [0.1, 0.15) is 5.82 Å². The van der Waals surface area contributed by atoms with Gasteiger partial charge in [-0.1, -0.05) is 18.2 Å². The molecule has 1 N–H and O–H groups in total. The predicted octanol–water partition coefficient (Wildman–Crippen LogP) is 1.50. The van der Waals surface area contributed by atoms with Crippen molar-refractivity contribution in [2.75, 3.05) is 18.0 Å². The molecule has 6 heteroatoms. The molecule has 0 spiro atoms. The van der Waals surface area contributed by atoms with Crippen molar-refractivity contribution >= 4 is 11.6 Å². The zero-order valence-corrected chi connectivity index (χ0v) is 12.5. The van der Waals surface area contributed by atoms with E-state index >= 15 is 0 Å². The van der Waals surface area contributed by atoms with E-state index in [0.29, 0.717) is 25.1 Å². The van der Waals surface area contributed by atoms with Gasteiger partial charge in [0, 0.05) is 26.3 Å². The van der Waals surface area contributed by atoms with Crippen LogP contribution in [0.3, 0.4) is 0 Å². The minimum atomic E-state index is -0.202. The predicted molar refractivity (Wildman–Crippen MR) is 82.1 cm³/mol. The SMILES string of the molecule is Cn1cc(N2CC[C@@H](NCCc3ccccc3F)C2=O)cn1. The molecule has 0 saturated carbocycles. The highest BCUT2D eigenvalue weighted by molar-refractivity contribution is 5.99. The monoisotopic (exact) mass is 302 g/mol. The molecule has 1 amide bonds. The standard InChI is InChI=1S/C16H19FN4O/c1-20-11-13(10-19-20)21-9-7-15(16(21)22)18-8-6-12-4-2-3-5-14(12)17/h2-5,10-11,15,18H,6-9H2,1H3/t15-/m1/s1. The van der Waals surface area contributed by atoms with Gasteiger partial charge in [-0.25, -0.2) is 4.39 Å². The van der Waals surface area contributed by atoms with E-state index in [1.165, 1.54) is 6.07 Å². The number of halogens is 1. The van der Waals surface area contributed by atoms with Gasteiger partial charge in [0.2, 0.25) is 5.91 Å². The number of anilines is 1. The van der Waals surface area contributed by atoms with Crippen molar-refractivity contribution in [3.8, 4) is 0 Å². The lowest BCUT2D eigenvalue weighted by molar-refractivity contribution is -0.118. The maximum atomic E-state index is 13.5. The fourth-order valence-corrected chi connectivity index (χ4v) is 2.76. The molecule has 1 atom stereocenters. The molecule has 22 heavy (non-hydrogen) atoms. The second kappa shape index (κ2) is 6.27. The Kier molecular flexibility index (Phi) is 4.20. The van der Waals surface area contributed by atoms with Gasteiger partial charge < -0.3 is 10.2 Å². The molecule has 0 bridgehead atoms. The summed E-state index contributed by atoms with van der Waals surface area (Å²) in [6.07, 6.45) is 4.85. The number of carbonyl (C=O) groups excluding carboxylic acids is 1. The molecule has 0 aliphatic carbocycles. The Hall–Kier alpha value is -2.21. The van der Waals surface area contributed by atoms with Crippen LogP contribution in [0.25, 0.3) is 0 Å². The summed E-state index contributed by atoms with van der Waals surface area (Å²) >= 11 is 0. The van der Waals surface area contributed by atoms with Crippen molar-refractivity contribution in [1.29, 1.82) is 0 Å². The molecule has 2 heterocycles. The lowest BCUT2D eigenvalue weighted by atomic mass is 10.1. The van der Waals surface area contributed by atoms with Crippen LogP contribution < -0.4 is 10.2 Å². The van der Waals surface area contributed by atoms with E-state index in [9.17, 15) is 9.18 Å². The lowest BCUT2D eigenvalue weighted by Crippen LogP contribution is -2.39. The summed E-state index contributed by atoms with van der Waals surface area (Å²) in [6.45, 7) is 1.26. The smallest absolute Gasteiger partial charge is 0.244 e. The van der Waals surface area contributed by atoms with Crippen LogP contribution >= 0.6 is 0 Å². The fourth-order valence-electron chi connectivity index (χ4n) is 2.76. The van der Waals surface area contributed by atoms with E-state index in [0.717, 1.165) is 12.1 Å². The van der Waals surface area contributed by atoms with Gasteiger partial charge in [-0.05, 0) is 24.5 Å². The molecule has 0 radical (unpaired) electrons. The molecule has 1 aromatic heterocycles. The maximum absolute atomic E-state index is 13.5. The van der Waals surface area contributed by atoms with Crippen molar-refractivity contribution in [3.05, 3.63) is 48.0 Å². The number of aromatic nitrogens is 2. The number of rotatable bonds is 5. The maximum Gasteiger partial charge on any atom is 0.244 e. The van der Waals surface area contributed by atoms with Gasteiger partial charge in [0.05, 0.1) is 17.9 Å². The second-order valence-corrected chi connectivity index (χ2v) is 5.50. The molecular formula is C16H19FN4O. The van der Waals surface area contributed by atoms with Crippen LogP contribution in [-0.2, 0) is 18.3 Å². The van der Waals surface area contributed by atoms with Crippen LogP contribution in [0.1, 0.15) is 12.0 Å². The van der Waals surface area contributed by atoms with Gasteiger partial charge >= 0.3 is 0 Å².